The third-order valence-electron chi connectivity index (χ3n) is 5.39. The summed E-state index contributed by atoms with van der Waals surface area (Å²) in [4.78, 5) is 14.9. The number of hydrogen-bond donors (Lipinski definition) is 1. The van der Waals surface area contributed by atoms with Crippen molar-refractivity contribution in [2.24, 2.45) is 0 Å². The molecule has 1 saturated heterocycles. The summed E-state index contributed by atoms with van der Waals surface area (Å²) in [6.45, 7) is 2.81. The number of halogens is 1. The maximum absolute atomic E-state index is 12.8. The van der Waals surface area contributed by atoms with Gasteiger partial charge in [-0.1, -0.05) is 23.7 Å². The number of sulfone groups is 1. The average Bonchev–Trinajstić information content (AvgIpc) is 3.35. The number of carbonyl (C=O) groups is 1. The highest BCUT2D eigenvalue weighted by Gasteiger charge is 2.33. The lowest BCUT2D eigenvalue weighted by Crippen LogP contribution is -2.35. The Morgan fingerprint density at radius 3 is 2.62 bits per heavy atom. The van der Waals surface area contributed by atoms with Crippen molar-refractivity contribution in [1.29, 1.82) is 0 Å². The van der Waals surface area contributed by atoms with Crippen LogP contribution in [0.1, 0.15) is 36.6 Å². The second-order valence-corrected chi connectivity index (χ2v) is 10.6. The van der Waals surface area contributed by atoms with Crippen LogP contribution in [0.3, 0.4) is 0 Å². The Labute approximate surface area is 175 Å². The molecule has 1 aromatic heterocycles. The molecule has 1 aromatic carbocycles. The molecule has 1 unspecified atom stereocenters. The van der Waals surface area contributed by atoms with Gasteiger partial charge in [0, 0.05) is 23.7 Å². The first-order valence-electron chi connectivity index (χ1n) is 9.84. The molecule has 2 heterocycles. The Morgan fingerprint density at radius 1 is 1.28 bits per heavy atom. The molecule has 2 aromatic rings. The molecular formula is C20H25ClN4O3S. The van der Waals surface area contributed by atoms with Crippen LogP contribution in [0, 0.1) is 6.92 Å². The van der Waals surface area contributed by atoms with E-state index in [1.807, 2.05) is 31.2 Å². The minimum absolute atomic E-state index is 0.0712. The summed E-state index contributed by atoms with van der Waals surface area (Å²) in [7, 11) is -3.03. The molecule has 7 nitrogen and oxygen atoms in total. The van der Waals surface area contributed by atoms with Crippen molar-refractivity contribution in [2.75, 3.05) is 23.4 Å². The van der Waals surface area contributed by atoms with Crippen LogP contribution in [0.2, 0.25) is 5.02 Å². The monoisotopic (exact) mass is 436 g/mol. The molecule has 1 aliphatic carbocycles. The van der Waals surface area contributed by atoms with Crippen LogP contribution < -0.4 is 5.32 Å². The molecule has 1 saturated carbocycles. The number of carbonyl (C=O) groups excluding carboxylic acids is 1. The van der Waals surface area contributed by atoms with Gasteiger partial charge in [-0.15, -0.1) is 0 Å². The van der Waals surface area contributed by atoms with Gasteiger partial charge in [0.15, 0.2) is 9.84 Å². The molecular weight excluding hydrogens is 412 g/mol. The van der Waals surface area contributed by atoms with Gasteiger partial charge in [-0.25, -0.2) is 13.1 Å². The lowest BCUT2D eigenvalue weighted by Gasteiger charge is -2.22. The van der Waals surface area contributed by atoms with Crippen LogP contribution in [0.5, 0.6) is 0 Å². The molecule has 29 heavy (non-hydrogen) atoms. The van der Waals surface area contributed by atoms with Gasteiger partial charge in [0.2, 0.25) is 5.91 Å². The Balaban J connectivity index is 1.43. The van der Waals surface area contributed by atoms with E-state index in [-0.39, 0.29) is 30.0 Å². The van der Waals surface area contributed by atoms with Gasteiger partial charge in [-0.05, 0) is 43.9 Å². The van der Waals surface area contributed by atoms with Crippen molar-refractivity contribution in [3.63, 3.8) is 0 Å². The van der Waals surface area contributed by atoms with Crippen LogP contribution in [0.4, 0.5) is 5.82 Å². The number of benzene rings is 1. The van der Waals surface area contributed by atoms with Crippen molar-refractivity contribution in [3.8, 4) is 0 Å². The fraction of sp³-hybridized carbons (Fsp3) is 0.500. The quantitative estimate of drug-likeness (QED) is 0.721. The van der Waals surface area contributed by atoms with Crippen LogP contribution in [0.15, 0.2) is 30.3 Å². The molecule has 1 aliphatic heterocycles. The minimum Gasteiger partial charge on any atom is -0.310 e. The maximum Gasteiger partial charge on any atom is 0.239 e. The van der Waals surface area contributed by atoms with Crippen molar-refractivity contribution in [1.82, 2.24) is 14.7 Å². The number of nitrogens with zero attached hydrogens (tertiary/aromatic N) is 3. The molecule has 9 heteroatoms. The Morgan fingerprint density at radius 2 is 2.00 bits per heavy atom. The van der Waals surface area contributed by atoms with Crippen LogP contribution >= 0.6 is 11.6 Å². The minimum atomic E-state index is -3.03. The lowest BCUT2D eigenvalue weighted by molar-refractivity contribution is -0.117. The highest BCUT2D eigenvalue weighted by atomic mass is 35.5. The summed E-state index contributed by atoms with van der Waals surface area (Å²) in [6, 6.07) is 9.67. The van der Waals surface area contributed by atoms with Gasteiger partial charge in [0.1, 0.15) is 5.82 Å². The zero-order chi connectivity index (χ0) is 20.6. The zero-order valence-corrected chi connectivity index (χ0v) is 17.9. The standard InChI is InChI=1S/C20H25ClN4O3S/c1-14-10-19(25(23-14)18-8-9-29(27,28)13-18)22-20(26)12-24(17-6-7-17)11-15-2-4-16(21)5-3-15/h2-5,10,17-18H,6-9,11-13H2,1H3,(H,22,26). The fourth-order valence-corrected chi connectivity index (χ4v) is 5.62. The predicted octanol–water partition coefficient (Wildman–Crippen LogP) is 2.81. The number of nitrogens with one attached hydrogen (secondary N) is 1. The van der Waals surface area contributed by atoms with Gasteiger partial charge in [-0.3, -0.25) is 9.69 Å². The summed E-state index contributed by atoms with van der Waals surface area (Å²) in [5.41, 5.74) is 1.87. The van der Waals surface area contributed by atoms with Crippen molar-refractivity contribution < 1.29 is 13.2 Å². The first-order valence-corrected chi connectivity index (χ1v) is 12.0. The summed E-state index contributed by atoms with van der Waals surface area (Å²) in [5.74, 6) is 0.687. The second-order valence-electron chi connectivity index (χ2n) is 7.98. The Hall–Kier alpha value is -1.90. The molecule has 1 atom stereocenters. The number of hydrogen-bond acceptors (Lipinski definition) is 5. The maximum atomic E-state index is 12.8. The normalized spacial score (nSPS) is 20.9. The topological polar surface area (TPSA) is 84.3 Å². The van der Waals surface area contributed by atoms with Crippen LogP contribution in [0.25, 0.3) is 0 Å². The third-order valence-corrected chi connectivity index (χ3v) is 7.39. The van der Waals surface area contributed by atoms with E-state index in [2.05, 4.69) is 15.3 Å². The van der Waals surface area contributed by atoms with Crippen LogP contribution in [-0.4, -0.2) is 53.1 Å². The number of amides is 1. The highest BCUT2D eigenvalue weighted by Crippen LogP contribution is 2.29. The molecule has 2 fully saturated rings. The second kappa shape index (κ2) is 8.08. The SMILES string of the molecule is Cc1cc(NC(=O)CN(Cc2ccc(Cl)cc2)C2CC2)n(C2CCS(=O)(=O)C2)n1. The van der Waals surface area contributed by atoms with E-state index in [9.17, 15) is 13.2 Å². The molecule has 0 radical (unpaired) electrons. The van der Waals surface area contributed by atoms with Crippen molar-refractivity contribution in [3.05, 3.63) is 46.6 Å². The number of rotatable bonds is 7. The molecule has 0 spiro atoms. The van der Waals surface area contributed by atoms with E-state index in [1.165, 1.54) is 0 Å². The largest absolute Gasteiger partial charge is 0.310 e. The number of anilines is 1. The average molecular weight is 437 g/mol. The van der Waals surface area contributed by atoms with E-state index < -0.39 is 9.84 Å². The molecule has 1 amide bonds. The number of aryl methyl sites for hydroxylation is 1. The zero-order valence-electron chi connectivity index (χ0n) is 16.3. The van der Waals surface area contributed by atoms with Gasteiger partial charge in [0.05, 0.1) is 29.8 Å². The summed E-state index contributed by atoms with van der Waals surface area (Å²) in [6.07, 6.45) is 2.72. The predicted molar refractivity (Wildman–Crippen MR) is 113 cm³/mol. The highest BCUT2D eigenvalue weighted by molar-refractivity contribution is 7.91. The van der Waals surface area contributed by atoms with E-state index in [1.54, 1.807) is 10.7 Å². The van der Waals surface area contributed by atoms with Crippen molar-refractivity contribution in [2.45, 2.75) is 44.8 Å². The molecule has 4 rings (SSSR count). The molecule has 156 valence electrons. The molecule has 1 N–H and O–H groups in total. The van der Waals surface area contributed by atoms with Crippen molar-refractivity contribution >= 4 is 33.2 Å². The van der Waals surface area contributed by atoms with E-state index in [4.69, 9.17) is 11.6 Å². The van der Waals surface area contributed by atoms with E-state index in [0.29, 0.717) is 29.8 Å². The summed E-state index contributed by atoms with van der Waals surface area (Å²) < 4.78 is 25.3. The van der Waals surface area contributed by atoms with E-state index in [0.717, 1.165) is 24.1 Å². The Bertz CT molecular complexity index is 999. The lowest BCUT2D eigenvalue weighted by atomic mass is 10.2. The summed E-state index contributed by atoms with van der Waals surface area (Å²) in [5, 5.41) is 8.07. The van der Waals surface area contributed by atoms with Gasteiger partial charge in [-0.2, -0.15) is 5.10 Å². The molecule has 0 bridgehead atoms. The smallest absolute Gasteiger partial charge is 0.239 e. The molecule has 2 aliphatic rings. The van der Waals surface area contributed by atoms with Gasteiger partial charge in [0.25, 0.3) is 0 Å². The third kappa shape index (κ3) is 5.18. The van der Waals surface area contributed by atoms with Gasteiger partial charge >= 0.3 is 0 Å². The van der Waals surface area contributed by atoms with Gasteiger partial charge < -0.3 is 5.32 Å². The fourth-order valence-electron chi connectivity index (χ4n) is 3.80. The number of aromatic nitrogens is 2. The first kappa shape index (κ1) is 20.4. The first-order chi connectivity index (χ1) is 13.8. The Kier molecular flexibility index (Phi) is 5.68. The summed E-state index contributed by atoms with van der Waals surface area (Å²) >= 11 is 5.96. The van der Waals surface area contributed by atoms with Crippen LogP contribution in [-0.2, 0) is 21.2 Å². The van der Waals surface area contributed by atoms with E-state index >= 15 is 0 Å².